The number of aryl methyl sites for hydroxylation is 1. The predicted octanol–water partition coefficient (Wildman–Crippen LogP) is 3.01. The first kappa shape index (κ1) is 14.7. The summed E-state index contributed by atoms with van der Waals surface area (Å²) in [6, 6.07) is 5.76. The van der Waals surface area contributed by atoms with Crippen LogP contribution in [0.25, 0.3) is 10.9 Å². The topological polar surface area (TPSA) is 62.7 Å². The van der Waals surface area contributed by atoms with Crippen LogP contribution in [0, 0.1) is 0 Å². The minimum absolute atomic E-state index is 0.0995. The standard InChI is InChI=1S/C16H17ClN4O/c1-2-21-10-12(9-20-21)16(22)18-6-5-11-8-19-15-4-3-13(17)7-14(11)15/h3-4,7-10,19H,2,5-6H2,1H3,(H,18,22). The minimum Gasteiger partial charge on any atom is -0.361 e. The zero-order valence-electron chi connectivity index (χ0n) is 12.3. The van der Waals surface area contributed by atoms with Crippen LogP contribution in [0.5, 0.6) is 0 Å². The summed E-state index contributed by atoms with van der Waals surface area (Å²) < 4.78 is 1.73. The average molecular weight is 317 g/mol. The number of carbonyl (C=O) groups excluding carboxylic acids is 1. The Bertz CT molecular complexity index is 805. The molecule has 22 heavy (non-hydrogen) atoms. The monoisotopic (exact) mass is 316 g/mol. The molecule has 5 nitrogen and oxygen atoms in total. The van der Waals surface area contributed by atoms with E-state index in [-0.39, 0.29) is 5.91 Å². The molecule has 0 saturated heterocycles. The maximum Gasteiger partial charge on any atom is 0.254 e. The second-order valence-electron chi connectivity index (χ2n) is 5.09. The fraction of sp³-hybridized carbons (Fsp3) is 0.250. The molecule has 0 aliphatic heterocycles. The second kappa shape index (κ2) is 6.23. The van der Waals surface area contributed by atoms with Gasteiger partial charge in [-0.15, -0.1) is 0 Å². The number of nitrogens with zero attached hydrogens (tertiary/aromatic N) is 2. The Hall–Kier alpha value is -2.27. The lowest BCUT2D eigenvalue weighted by molar-refractivity contribution is 0.0954. The third-order valence-corrected chi connectivity index (χ3v) is 3.86. The molecule has 3 rings (SSSR count). The lowest BCUT2D eigenvalue weighted by Gasteiger charge is -2.03. The normalized spacial score (nSPS) is 11.0. The first-order valence-electron chi connectivity index (χ1n) is 7.23. The number of hydrogen-bond acceptors (Lipinski definition) is 2. The molecule has 0 bridgehead atoms. The zero-order chi connectivity index (χ0) is 15.5. The molecule has 0 spiro atoms. The van der Waals surface area contributed by atoms with Gasteiger partial charge in [-0.25, -0.2) is 0 Å². The number of nitrogens with one attached hydrogen (secondary N) is 2. The van der Waals surface area contributed by atoms with Crippen molar-refractivity contribution < 1.29 is 4.79 Å². The average Bonchev–Trinajstić information content (AvgIpc) is 3.14. The Kier molecular flexibility index (Phi) is 4.15. The van der Waals surface area contributed by atoms with E-state index in [1.165, 1.54) is 0 Å². The number of amides is 1. The van der Waals surface area contributed by atoms with E-state index in [4.69, 9.17) is 11.6 Å². The molecule has 0 saturated carbocycles. The van der Waals surface area contributed by atoms with Crippen LogP contribution in [-0.2, 0) is 13.0 Å². The van der Waals surface area contributed by atoms with Gasteiger partial charge < -0.3 is 10.3 Å². The quantitative estimate of drug-likeness (QED) is 0.760. The molecule has 0 radical (unpaired) electrons. The minimum atomic E-state index is -0.0995. The largest absolute Gasteiger partial charge is 0.361 e. The van der Waals surface area contributed by atoms with Crippen molar-refractivity contribution >= 4 is 28.4 Å². The van der Waals surface area contributed by atoms with Crippen LogP contribution in [0.1, 0.15) is 22.8 Å². The van der Waals surface area contributed by atoms with Crippen molar-refractivity contribution in [2.75, 3.05) is 6.54 Å². The molecule has 2 aromatic heterocycles. The lowest BCUT2D eigenvalue weighted by Crippen LogP contribution is -2.25. The number of aromatic nitrogens is 3. The molecular formula is C16H17ClN4O. The highest BCUT2D eigenvalue weighted by Gasteiger charge is 2.09. The van der Waals surface area contributed by atoms with Crippen molar-refractivity contribution in [1.82, 2.24) is 20.1 Å². The van der Waals surface area contributed by atoms with E-state index >= 15 is 0 Å². The molecule has 6 heteroatoms. The number of benzene rings is 1. The van der Waals surface area contributed by atoms with Crippen LogP contribution in [0.4, 0.5) is 0 Å². The summed E-state index contributed by atoms with van der Waals surface area (Å²) >= 11 is 6.04. The van der Waals surface area contributed by atoms with Gasteiger partial charge in [0.25, 0.3) is 5.91 Å². The summed E-state index contributed by atoms with van der Waals surface area (Å²) in [6.07, 6.45) is 6.04. The smallest absolute Gasteiger partial charge is 0.254 e. The van der Waals surface area contributed by atoms with Gasteiger partial charge in [0.2, 0.25) is 0 Å². The molecule has 0 unspecified atom stereocenters. The number of carbonyl (C=O) groups is 1. The number of fused-ring (bicyclic) bond motifs is 1. The van der Waals surface area contributed by atoms with Crippen LogP contribution >= 0.6 is 11.6 Å². The summed E-state index contributed by atoms with van der Waals surface area (Å²) in [7, 11) is 0. The molecule has 114 valence electrons. The van der Waals surface area contributed by atoms with Gasteiger partial charge in [-0.1, -0.05) is 11.6 Å². The van der Waals surface area contributed by atoms with Crippen LogP contribution in [0.3, 0.4) is 0 Å². The van der Waals surface area contributed by atoms with Crippen LogP contribution in [0.15, 0.2) is 36.8 Å². The fourth-order valence-electron chi connectivity index (χ4n) is 2.42. The summed E-state index contributed by atoms with van der Waals surface area (Å²) in [6.45, 7) is 3.30. The Morgan fingerprint density at radius 2 is 2.32 bits per heavy atom. The van der Waals surface area contributed by atoms with E-state index in [0.717, 1.165) is 29.4 Å². The summed E-state index contributed by atoms with van der Waals surface area (Å²) in [5, 5.41) is 8.83. The zero-order valence-corrected chi connectivity index (χ0v) is 13.0. The summed E-state index contributed by atoms with van der Waals surface area (Å²) in [5.41, 5.74) is 2.78. The van der Waals surface area contributed by atoms with Crippen molar-refractivity contribution in [3.63, 3.8) is 0 Å². The van der Waals surface area contributed by atoms with E-state index in [2.05, 4.69) is 15.4 Å². The van der Waals surface area contributed by atoms with E-state index in [1.807, 2.05) is 31.3 Å². The molecule has 0 aliphatic carbocycles. The van der Waals surface area contributed by atoms with E-state index in [9.17, 15) is 4.79 Å². The lowest BCUT2D eigenvalue weighted by atomic mass is 10.1. The number of H-pyrrole nitrogens is 1. The van der Waals surface area contributed by atoms with Crippen molar-refractivity contribution in [2.24, 2.45) is 0 Å². The summed E-state index contributed by atoms with van der Waals surface area (Å²) in [5.74, 6) is -0.0995. The fourth-order valence-corrected chi connectivity index (χ4v) is 2.60. The third-order valence-electron chi connectivity index (χ3n) is 3.63. The third kappa shape index (κ3) is 2.99. The first-order chi connectivity index (χ1) is 10.7. The number of halogens is 1. The van der Waals surface area contributed by atoms with Crippen LogP contribution < -0.4 is 5.32 Å². The molecule has 0 aliphatic rings. The predicted molar refractivity (Wildman–Crippen MR) is 87.2 cm³/mol. The van der Waals surface area contributed by atoms with E-state index in [0.29, 0.717) is 17.1 Å². The maximum atomic E-state index is 12.0. The van der Waals surface area contributed by atoms with Gasteiger partial charge in [-0.3, -0.25) is 9.48 Å². The van der Waals surface area contributed by atoms with Crippen molar-refractivity contribution in [3.8, 4) is 0 Å². The van der Waals surface area contributed by atoms with Crippen molar-refractivity contribution in [3.05, 3.63) is 52.9 Å². The molecule has 1 aromatic carbocycles. The van der Waals surface area contributed by atoms with Gasteiger partial charge in [0.05, 0.1) is 11.8 Å². The number of rotatable bonds is 5. The molecular weight excluding hydrogens is 300 g/mol. The van der Waals surface area contributed by atoms with Gasteiger partial charge in [-0.05, 0) is 37.1 Å². The Balaban J connectivity index is 1.62. The van der Waals surface area contributed by atoms with Gasteiger partial charge in [0.15, 0.2) is 0 Å². The maximum absolute atomic E-state index is 12.0. The van der Waals surface area contributed by atoms with Gasteiger partial charge in [-0.2, -0.15) is 5.10 Å². The van der Waals surface area contributed by atoms with Gasteiger partial charge in [0, 0.05) is 41.4 Å². The number of aromatic amines is 1. The summed E-state index contributed by atoms with van der Waals surface area (Å²) in [4.78, 5) is 15.2. The van der Waals surface area contributed by atoms with Crippen LogP contribution in [0.2, 0.25) is 5.02 Å². The first-order valence-corrected chi connectivity index (χ1v) is 7.61. The Morgan fingerprint density at radius 3 is 3.09 bits per heavy atom. The molecule has 3 aromatic rings. The van der Waals surface area contributed by atoms with Gasteiger partial charge in [0.1, 0.15) is 0 Å². The molecule has 0 fully saturated rings. The molecule has 0 atom stereocenters. The van der Waals surface area contributed by atoms with E-state index < -0.39 is 0 Å². The van der Waals surface area contributed by atoms with Crippen molar-refractivity contribution in [2.45, 2.75) is 19.9 Å². The highest BCUT2D eigenvalue weighted by molar-refractivity contribution is 6.31. The SMILES string of the molecule is CCn1cc(C(=O)NCCc2c[nH]c3ccc(Cl)cc23)cn1. The Labute approximate surface area is 133 Å². The molecule has 2 heterocycles. The van der Waals surface area contributed by atoms with Crippen LogP contribution in [-0.4, -0.2) is 27.2 Å². The highest BCUT2D eigenvalue weighted by atomic mass is 35.5. The Morgan fingerprint density at radius 1 is 1.45 bits per heavy atom. The molecule has 2 N–H and O–H groups in total. The number of hydrogen-bond donors (Lipinski definition) is 2. The molecule has 1 amide bonds. The van der Waals surface area contributed by atoms with E-state index in [1.54, 1.807) is 17.1 Å². The van der Waals surface area contributed by atoms with Crippen molar-refractivity contribution in [1.29, 1.82) is 0 Å². The second-order valence-corrected chi connectivity index (χ2v) is 5.53. The highest BCUT2D eigenvalue weighted by Crippen LogP contribution is 2.22. The van der Waals surface area contributed by atoms with Gasteiger partial charge >= 0.3 is 0 Å².